The maximum Gasteiger partial charge on any atom is 0.120 e. The van der Waals surface area contributed by atoms with Crippen LogP contribution in [0.25, 0.3) is 10.1 Å². The summed E-state index contributed by atoms with van der Waals surface area (Å²) in [5.41, 5.74) is 2.94. The molecule has 0 fully saturated rings. The number of thiophene rings is 1. The predicted octanol–water partition coefficient (Wildman–Crippen LogP) is 4.49. The van der Waals surface area contributed by atoms with Crippen LogP contribution in [0.15, 0.2) is 48.5 Å². The molecule has 0 saturated heterocycles. The van der Waals surface area contributed by atoms with Gasteiger partial charge in [-0.25, -0.2) is 0 Å². The smallest absolute Gasteiger partial charge is 0.120 e. The van der Waals surface area contributed by atoms with E-state index in [2.05, 4.69) is 54.4 Å². The van der Waals surface area contributed by atoms with E-state index in [1.54, 1.807) is 7.11 Å². The van der Waals surface area contributed by atoms with Gasteiger partial charge in [-0.3, -0.25) is 0 Å². The number of likely N-dealkylation sites (N-methyl/N-ethyl adjacent to an activating group) is 1. The molecule has 1 atom stereocenters. The first-order valence-corrected chi connectivity index (χ1v) is 8.40. The predicted molar refractivity (Wildman–Crippen MR) is 93.0 cm³/mol. The number of hydrogen-bond donors (Lipinski definition) is 0. The van der Waals surface area contributed by atoms with E-state index in [0.29, 0.717) is 5.92 Å². The second-order valence-electron chi connectivity index (χ2n) is 6.00. The molecule has 0 amide bonds. The van der Waals surface area contributed by atoms with Crippen molar-refractivity contribution in [2.45, 2.75) is 12.5 Å². The highest BCUT2D eigenvalue weighted by Gasteiger charge is 2.25. The topological polar surface area (TPSA) is 12.5 Å². The van der Waals surface area contributed by atoms with Crippen LogP contribution in [0, 0.1) is 0 Å². The van der Waals surface area contributed by atoms with E-state index >= 15 is 0 Å². The van der Waals surface area contributed by atoms with Gasteiger partial charge in [0, 0.05) is 28.6 Å². The highest BCUT2D eigenvalue weighted by atomic mass is 32.1. The van der Waals surface area contributed by atoms with E-state index in [0.717, 1.165) is 18.8 Å². The average Bonchev–Trinajstić information content (AvgIpc) is 2.96. The van der Waals surface area contributed by atoms with Crippen molar-refractivity contribution in [3.8, 4) is 5.75 Å². The molecule has 0 aliphatic carbocycles. The largest absolute Gasteiger partial charge is 0.497 e. The van der Waals surface area contributed by atoms with E-state index in [9.17, 15) is 0 Å². The van der Waals surface area contributed by atoms with Crippen molar-refractivity contribution in [3.05, 3.63) is 64.5 Å². The lowest BCUT2D eigenvalue weighted by atomic mass is 9.89. The standard InChI is InChI=1S/C19H19NOS/c1-20-11-14-5-3-4-6-16(14)17(12-20)19-9-13-7-8-15(21-2)10-18(13)22-19/h3-10,17H,11-12H2,1-2H3. The first kappa shape index (κ1) is 13.8. The molecule has 3 aromatic rings. The van der Waals surface area contributed by atoms with E-state index < -0.39 is 0 Å². The lowest BCUT2D eigenvalue weighted by Gasteiger charge is -2.31. The third-order valence-electron chi connectivity index (χ3n) is 4.45. The van der Waals surface area contributed by atoms with E-state index in [1.807, 2.05) is 17.4 Å². The van der Waals surface area contributed by atoms with Crippen LogP contribution in [0.2, 0.25) is 0 Å². The van der Waals surface area contributed by atoms with Gasteiger partial charge in [-0.15, -0.1) is 11.3 Å². The fourth-order valence-electron chi connectivity index (χ4n) is 3.36. The van der Waals surface area contributed by atoms with Crippen molar-refractivity contribution in [2.24, 2.45) is 0 Å². The molecule has 22 heavy (non-hydrogen) atoms. The lowest BCUT2D eigenvalue weighted by Crippen LogP contribution is -2.30. The minimum atomic E-state index is 0.471. The van der Waals surface area contributed by atoms with Crippen LogP contribution in [0.3, 0.4) is 0 Å². The SMILES string of the molecule is COc1ccc2cc(C3CN(C)Cc4ccccc43)sc2c1. The Morgan fingerprint density at radius 1 is 1.14 bits per heavy atom. The first-order valence-electron chi connectivity index (χ1n) is 7.58. The minimum Gasteiger partial charge on any atom is -0.497 e. The Morgan fingerprint density at radius 2 is 2.00 bits per heavy atom. The van der Waals surface area contributed by atoms with Crippen LogP contribution in [0.1, 0.15) is 21.9 Å². The van der Waals surface area contributed by atoms with Gasteiger partial charge in [0.05, 0.1) is 7.11 Å². The zero-order chi connectivity index (χ0) is 15.1. The number of nitrogens with zero attached hydrogens (tertiary/aromatic N) is 1. The number of hydrogen-bond acceptors (Lipinski definition) is 3. The zero-order valence-electron chi connectivity index (χ0n) is 12.9. The average molecular weight is 309 g/mol. The second kappa shape index (κ2) is 5.41. The number of ether oxygens (including phenoxy) is 1. The van der Waals surface area contributed by atoms with Crippen molar-refractivity contribution < 1.29 is 4.74 Å². The summed E-state index contributed by atoms with van der Waals surface area (Å²) in [6.45, 7) is 2.13. The van der Waals surface area contributed by atoms with Crippen molar-refractivity contribution >= 4 is 21.4 Å². The van der Waals surface area contributed by atoms with Gasteiger partial charge in [0.15, 0.2) is 0 Å². The monoisotopic (exact) mass is 309 g/mol. The van der Waals surface area contributed by atoms with Gasteiger partial charge in [-0.05, 0) is 47.8 Å². The van der Waals surface area contributed by atoms with Gasteiger partial charge >= 0.3 is 0 Å². The fourth-order valence-corrected chi connectivity index (χ4v) is 4.56. The Balaban J connectivity index is 1.81. The molecule has 0 spiro atoms. The Labute approximate surface area is 135 Å². The molecule has 0 radical (unpaired) electrons. The van der Waals surface area contributed by atoms with Gasteiger partial charge in [-0.2, -0.15) is 0 Å². The summed E-state index contributed by atoms with van der Waals surface area (Å²) in [6, 6.07) is 17.5. The molecule has 1 unspecified atom stereocenters. The minimum absolute atomic E-state index is 0.471. The van der Waals surface area contributed by atoms with Crippen LogP contribution in [0.4, 0.5) is 0 Å². The number of methoxy groups -OCH3 is 1. The first-order chi connectivity index (χ1) is 10.7. The normalized spacial score (nSPS) is 18.4. The van der Waals surface area contributed by atoms with Gasteiger partial charge in [0.1, 0.15) is 5.75 Å². The Kier molecular flexibility index (Phi) is 3.40. The van der Waals surface area contributed by atoms with Crippen molar-refractivity contribution in [2.75, 3.05) is 20.7 Å². The van der Waals surface area contributed by atoms with Crippen LogP contribution < -0.4 is 4.74 Å². The number of benzene rings is 2. The van der Waals surface area contributed by atoms with Gasteiger partial charge < -0.3 is 9.64 Å². The molecule has 112 valence electrons. The fraction of sp³-hybridized carbons (Fsp3) is 0.263. The molecule has 2 nitrogen and oxygen atoms in total. The molecular weight excluding hydrogens is 290 g/mol. The van der Waals surface area contributed by atoms with Crippen LogP contribution in [-0.2, 0) is 6.54 Å². The summed E-state index contributed by atoms with van der Waals surface area (Å²) in [4.78, 5) is 3.86. The van der Waals surface area contributed by atoms with Gasteiger partial charge in [0.25, 0.3) is 0 Å². The lowest BCUT2D eigenvalue weighted by molar-refractivity contribution is 0.296. The summed E-state index contributed by atoms with van der Waals surface area (Å²) in [5.74, 6) is 1.40. The third-order valence-corrected chi connectivity index (χ3v) is 5.67. The molecule has 2 aromatic carbocycles. The Morgan fingerprint density at radius 3 is 2.86 bits per heavy atom. The summed E-state index contributed by atoms with van der Waals surface area (Å²) in [7, 11) is 3.93. The van der Waals surface area contributed by atoms with Crippen LogP contribution in [0.5, 0.6) is 5.75 Å². The summed E-state index contributed by atoms with van der Waals surface area (Å²) in [5, 5.41) is 1.31. The maximum absolute atomic E-state index is 5.35. The molecular formula is C19H19NOS. The van der Waals surface area contributed by atoms with Crippen molar-refractivity contribution in [3.63, 3.8) is 0 Å². The highest BCUT2D eigenvalue weighted by Crippen LogP contribution is 2.39. The van der Waals surface area contributed by atoms with Gasteiger partial charge in [-0.1, -0.05) is 24.3 Å². The van der Waals surface area contributed by atoms with E-state index in [-0.39, 0.29) is 0 Å². The second-order valence-corrected chi connectivity index (χ2v) is 7.12. The Hall–Kier alpha value is -1.84. The molecule has 0 N–H and O–H groups in total. The van der Waals surface area contributed by atoms with Gasteiger partial charge in [0.2, 0.25) is 0 Å². The molecule has 0 saturated carbocycles. The highest BCUT2D eigenvalue weighted by molar-refractivity contribution is 7.19. The molecule has 4 rings (SSSR count). The number of fused-ring (bicyclic) bond motifs is 2. The molecule has 1 aromatic heterocycles. The Bertz CT molecular complexity index is 823. The molecule has 2 heterocycles. The summed E-state index contributed by atoms with van der Waals surface area (Å²) >= 11 is 1.89. The summed E-state index contributed by atoms with van der Waals surface area (Å²) in [6.07, 6.45) is 0. The van der Waals surface area contributed by atoms with Crippen LogP contribution in [-0.4, -0.2) is 25.6 Å². The van der Waals surface area contributed by atoms with E-state index in [1.165, 1.54) is 26.1 Å². The summed E-state index contributed by atoms with van der Waals surface area (Å²) < 4.78 is 6.65. The maximum atomic E-state index is 5.35. The third kappa shape index (κ3) is 2.31. The van der Waals surface area contributed by atoms with Crippen LogP contribution >= 0.6 is 11.3 Å². The van der Waals surface area contributed by atoms with Crippen molar-refractivity contribution in [1.82, 2.24) is 4.90 Å². The zero-order valence-corrected chi connectivity index (χ0v) is 13.7. The molecule has 1 aliphatic heterocycles. The number of rotatable bonds is 2. The molecule has 1 aliphatic rings. The molecule has 3 heteroatoms. The molecule has 0 bridgehead atoms. The quantitative estimate of drug-likeness (QED) is 0.691. The van der Waals surface area contributed by atoms with Crippen molar-refractivity contribution in [1.29, 1.82) is 0 Å². The van der Waals surface area contributed by atoms with E-state index in [4.69, 9.17) is 4.74 Å².